The summed E-state index contributed by atoms with van der Waals surface area (Å²) in [5.74, 6) is 0.718. The molecule has 0 fully saturated rings. The van der Waals surface area contributed by atoms with Crippen molar-refractivity contribution in [3.05, 3.63) is 39.7 Å². The van der Waals surface area contributed by atoms with Crippen molar-refractivity contribution in [3.8, 4) is 5.88 Å². The summed E-state index contributed by atoms with van der Waals surface area (Å²) in [4.78, 5) is 6.83. The predicted octanol–water partition coefficient (Wildman–Crippen LogP) is 2.80. The van der Waals surface area contributed by atoms with Crippen LogP contribution in [0.1, 0.15) is 10.6 Å². The van der Waals surface area contributed by atoms with E-state index >= 15 is 0 Å². The predicted molar refractivity (Wildman–Crippen MR) is 79.4 cm³/mol. The van der Waals surface area contributed by atoms with Gasteiger partial charge >= 0.3 is 0 Å². The molecule has 100 valence electrons. The SMILES string of the molecule is COc1nc2sccn2c1CNCCc1cccs1. The van der Waals surface area contributed by atoms with E-state index in [-0.39, 0.29) is 0 Å². The van der Waals surface area contributed by atoms with Gasteiger partial charge < -0.3 is 10.1 Å². The molecular formula is C13H15N3OS2. The molecular weight excluding hydrogens is 278 g/mol. The summed E-state index contributed by atoms with van der Waals surface area (Å²) in [5, 5.41) is 7.61. The highest BCUT2D eigenvalue weighted by atomic mass is 32.1. The molecule has 0 amide bonds. The van der Waals surface area contributed by atoms with E-state index in [9.17, 15) is 0 Å². The Hall–Kier alpha value is -1.37. The fourth-order valence-corrected chi connectivity index (χ4v) is 3.44. The van der Waals surface area contributed by atoms with E-state index in [1.165, 1.54) is 4.88 Å². The Morgan fingerprint density at radius 2 is 2.32 bits per heavy atom. The highest BCUT2D eigenvalue weighted by Gasteiger charge is 2.12. The van der Waals surface area contributed by atoms with Crippen LogP contribution in [0.25, 0.3) is 4.96 Å². The van der Waals surface area contributed by atoms with Gasteiger partial charge in [0.15, 0.2) is 4.96 Å². The average Bonchev–Trinajstić information content (AvgIpc) is 3.12. The summed E-state index contributed by atoms with van der Waals surface area (Å²) in [7, 11) is 1.67. The third-order valence-corrected chi connectivity index (χ3v) is 4.63. The van der Waals surface area contributed by atoms with Crippen LogP contribution in [-0.2, 0) is 13.0 Å². The molecule has 1 N–H and O–H groups in total. The van der Waals surface area contributed by atoms with Gasteiger partial charge in [0, 0.05) is 29.5 Å². The molecule has 3 aromatic heterocycles. The van der Waals surface area contributed by atoms with Gasteiger partial charge in [-0.25, -0.2) is 0 Å². The first kappa shape index (κ1) is 12.7. The molecule has 0 bridgehead atoms. The van der Waals surface area contributed by atoms with Crippen LogP contribution in [0.4, 0.5) is 0 Å². The molecule has 0 radical (unpaired) electrons. The Labute approximate surface area is 119 Å². The summed E-state index contributed by atoms with van der Waals surface area (Å²) in [5.41, 5.74) is 1.09. The minimum Gasteiger partial charge on any atom is -0.480 e. The van der Waals surface area contributed by atoms with E-state index in [0.717, 1.165) is 36.0 Å². The standard InChI is InChI=1S/C13H15N3OS2/c1-17-12-11(16-6-8-19-13(16)15-12)9-14-5-4-10-3-2-7-18-10/h2-3,6-8,14H,4-5,9H2,1H3. The Bertz CT molecular complexity index is 642. The second kappa shape index (κ2) is 5.73. The van der Waals surface area contributed by atoms with Crippen LogP contribution < -0.4 is 10.1 Å². The van der Waals surface area contributed by atoms with Gasteiger partial charge in [0.05, 0.1) is 7.11 Å². The number of aromatic nitrogens is 2. The zero-order chi connectivity index (χ0) is 13.1. The van der Waals surface area contributed by atoms with Crippen LogP contribution in [0, 0.1) is 0 Å². The summed E-state index contributed by atoms with van der Waals surface area (Å²) >= 11 is 3.42. The average molecular weight is 293 g/mol. The van der Waals surface area contributed by atoms with Crippen LogP contribution in [0.5, 0.6) is 5.88 Å². The quantitative estimate of drug-likeness (QED) is 0.710. The van der Waals surface area contributed by atoms with Crippen molar-refractivity contribution in [3.63, 3.8) is 0 Å². The van der Waals surface area contributed by atoms with Crippen molar-refractivity contribution in [2.24, 2.45) is 0 Å². The molecule has 0 aliphatic carbocycles. The Balaban J connectivity index is 1.62. The van der Waals surface area contributed by atoms with Gasteiger partial charge in [-0.2, -0.15) is 4.98 Å². The van der Waals surface area contributed by atoms with Gasteiger partial charge in [0.1, 0.15) is 5.69 Å². The first-order valence-electron chi connectivity index (χ1n) is 6.10. The first-order chi connectivity index (χ1) is 9.38. The fourth-order valence-electron chi connectivity index (χ4n) is 2.01. The van der Waals surface area contributed by atoms with Crippen LogP contribution in [0.15, 0.2) is 29.1 Å². The topological polar surface area (TPSA) is 38.6 Å². The number of rotatable bonds is 6. The monoisotopic (exact) mass is 293 g/mol. The van der Waals surface area contributed by atoms with Crippen molar-refractivity contribution < 1.29 is 4.74 Å². The lowest BCUT2D eigenvalue weighted by Gasteiger charge is -2.05. The number of thiophene rings is 1. The number of ether oxygens (including phenoxy) is 1. The summed E-state index contributed by atoms with van der Waals surface area (Å²) in [6, 6.07) is 4.26. The second-order valence-corrected chi connectivity index (χ2v) is 6.03. The molecule has 19 heavy (non-hydrogen) atoms. The minimum atomic E-state index is 0.718. The molecule has 0 unspecified atom stereocenters. The smallest absolute Gasteiger partial charge is 0.237 e. The van der Waals surface area contributed by atoms with Crippen LogP contribution >= 0.6 is 22.7 Å². The largest absolute Gasteiger partial charge is 0.480 e. The van der Waals surface area contributed by atoms with Crippen LogP contribution in [0.3, 0.4) is 0 Å². The van der Waals surface area contributed by atoms with Crippen molar-refractivity contribution >= 4 is 27.6 Å². The van der Waals surface area contributed by atoms with Gasteiger partial charge in [-0.3, -0.25) is 4.40 Å². The van der Waals surface area contributed by atoms with Crippen molar-refractivity contribution in [1.29, 1.82) is 0 Å². The normalized spacial score (nSPS) is 11.2. The lowest BCUT2D eigenvalue weighted by atomic mass is 10.3. The zero-order valence-corrected chi connectivity index (χ0v) is 12.3. The number of hydrogen-bond donors (Lipinski definition) is 1. The van der Waals surface area contributed by atoms with Gasteiger partial charge in [-0.15, -0.1) is 22.7 Å². The highest BCUT2D eigenvalue weighted by molar-refractivity contribution is 7.15. The first-order valence-corrected chi connectivity index (χ1v) is 7.86. The molecule has 0 aromatic carbocycles. The lowest BCUT2D eigenvalue weighted by molar-refractivity contribution is 0.393. The molecule has 0 atom stereocenters. The molecule has 3 aromatic rings. The Kier molecular flexibility index (Phi) is 3.82. The van der Waals surface area contributed by atoms with E-state index in [0.29, 0.717) is 0 Å². The molecule has 0 saturated heterocycles. The van der Waals surface area contributed by atoms with Crippen molar-refractivity contribution in [2.75, 3.05) is 13.7 Å². The van der Waals surface area contributed by atoms with Gasteiger partial charge in [-0.05, 0) is 17.9 Å². The molecule has 0 saturated carbocycles. The molecule has 3 rings (SSSR count). The molecule has 4 nitrogen and oxygen atoms in total. The zero-order valence-electron chi connectivity index (χ0n) is 10.6. The maximum Gasteiger partial charge on any atom is 0.237 e. The molecule has 0 aliphatic heterocycles. The van der Waals surface area contributed by atoms with Crippen molar-refractivity contribution in [1.82, 2.24) is 14.7 Å². The summed E-state index contributed by atoms with van der Waals surface area (Å²) in [6.07, 6.45) is 3.09. The third-order valence-electron chi connectivity index (χ3n) is 2.94. The molecule has 3 heterocycles. The number of nitrogens with zero attached hydrogens (tertiary/aromatic N) is 2. The number of hydrogen-bond acceptors (Lipinski definition) is 5. The molecule has 0 aliphatic rings. The van der Waals surface area contributed by atoms with E-state index in [1.807, 2.05) is 11.6 Å². The number of thiazole rings is 1. The van der Waals surface area contributed by atoms with Crippen LogP contribution in [0.2, 0.25) is 0 Å². The number of methoxy groups -OCH3 is 1. The summed E-state index contributed by atoms with van der Waals surface area (Å²) < 4.78 is 7.41. The highest BCUT2D eigenvalue weighted by Crippen LogP contribution is 2.22. The lowest BCUT2D eigenvalue weighted by Crippen LogP contribution is -2.17. The van der Waals surface area contributed by atoms with Crippen LogP contribution in [-0.4, -0.2) is 23.0 Å². The number of nitrogens with one attached hydrogen (secondary N) is 1. The molecule has 6 heteroatoms. The molecule has 0 spiro atoms. The summed E-state index contributed by atoms with van der Waals surface area (Å²) in [6.45, 7) is 1.73. The van der Waals surface area contributed by atoms with E-state index in [4.69, 9.17) is 4.74 Å². The Morgan fingerprint density at radius 3 is 3.11 bits per heavy atom. The Morgan fingerprint density at radius 1 is 1.37 bits per heavy atom. The van der Waals surface area contributed by atoms with E-state index in [1.54, 1.807) is 29.8 Å². The maximum atomic E-state index is 5.33. The number of imidazole rings is 1. The fraction of sp³-hybridized carbons (Fsp3) is 0.308. The minimum absolute atomic E-state index is 0.718. The second-order valence-electron chi connectivity index (χ2n) is 4.13. The van der Waals surface area contributed by atoms with Gasteiger partial charge in [-0.1, -0.05) is 6.07 Å². The van der Waals surface area contributed by atoms with Gasteiger partial charge in [0.2, 0.25) is 5.88 Å². The number of fused-ring (bicyclic) bond motifs is 1. The van der Waals surface area contributed by atoms with E-state index in [2.05, 4.69) is 32.2 Å². The van der Waals surface area contributed by atoms with E-state index < -0.39 is 0 Å². The third kappa shape index (κ3) is 2.65. The van der Waals surface area contributed by atoms with Gasteiger partial charge in [0.25, 0.3) is 0 Å². The maximum absolute atomic E-state index is 5.33. The van der Waals surface area contributed by atoms with Crippen molar-refractivity contribution in [2.45, 2.75) is 13.0 Å².